The molecule has 5 atom stereocenters. The van der Waals surface area contributed by atoms with Crippen molar-refractivity contribution in [1.82, 2.24) is 10.6 Å². The lowest BCUT2D eigenvalue weighted by atomic mass is 9.79. The quantitative estimate of drug-likeness (QED) is 0.577. The number of fused-ring (bicyclic) bond motifs is 5. The molecule has 0 heterocycles. The summed E-state index contributed by atoms with van der Waals surface area (Å²) >= 11 is 0. The Morgan fingerprint density at radius 1 is 1.22 bits per heavy atom. The first kappa shape index (κ1) is 12.0. The largest absolute Gasteiger partial charge is 0.352 e. The highest BCUT2D eigenvalue weighted by molar-refractivity contribution is 5.78. The molecule has 2 N–H and O–H groups in total. The fourth-order valence-corrected chi connectivity index (χ4v) is 4.74. The molecule has 3 nitrogen and oxygen atoms in total. The zero-order chi connectivity index (χ0) is 12.5. The van der Waals surface area contributed by atoms with Crippen LogP contribution in [0, 0.1) is 36.0 Å². The molecule has 3 rings (SSSR count). The van der Waals surface area contributed by atoms with Gasteiger partial charge in [-0.25, -0.2) is 0 Å². The Hall–Kier alpha value is -1.01. The molecule has 2 bridgehead atoms. The van der Waals surface area contributed by atoms with Crippen LogP contribution in [0.1, 0.15) is 32.1 Å². The van der Waals surface area contributed by atoms with Crippen molar-refractivity contribution in [1.29, 1.82) is 0 Å². The number of rotatable bonds is 4. The molecule has 3 saturated carbocycles. The summed E-state index contributed by atoms with van der Waals surface area (Å²) in [5.41, 5.74) is 0. The number of carbonyl (C=O) groups is 1. The fraction of sp³-hybridized carbons (Fsp3) is 0.800. The third-order valence-electron chi connectivity index (χ3n) is 5.29. The zero-order valence-electron chi connectivity index (χ0n) is 10.8. The average Bonchev–Trinajstić information content (AvgIpc) is 3.00. The van der Waals surface area contributed by atoms with Crippen molar-refractivity contribution in [3.8, 4) is 12.3 Å². The van der Waals surface area contributed by atoms with E-state index in [1.165, 1.54) is 32.1 Å². The molecule has 18 heavy (non-hydrogen) atoms. The molecule has 1 amide bonds. The van der Waals surface area contributed by atoms with Crippen LogP contribution in [0.2, 0.25) is 0 Å². The summed E-state index contributed by atoms with van der Waals surface area (Å²) in [4.78, 5) is 11.8. The van der Waals surface area contributed by atoms with E-state index in [1.54, 1.807) is 0 Å². The maximum absolute atomic E-state index is 11.8. The number of amides is 1. The van der Waals surface area contributed by atoms with Crippen molar-refractivity contribution in [2.75, 3.05) is 13.1 Å². The van der Waals surface area contributed by atoms with E-state index in [9.17, 15) is 4.79 Å². The first-order chi connectivity index (χ1) is 8.79. The molecule has 0 aromatic rings. The molecule has 0 radical (unpaired) electrons. The molecule has 0 aliphatic heterocycles. The Labute approximate surface area is 109 Å². The SMILES string of the molecule is C#CCNCC(=O)NC1CC2CC1C1CCCC21. The van der Waals surface area contributed by atoms with Crippen molar-refractivity contribution < 1.29 is 4.79 Å². The Balaban J connectivity index is 1.50. The summed E-state index contributed by atoms with van der Waals surface area (Å²) in [6.45, 7) is 0.820. The maximum atomic E-state index is 11.8. The highest BCUT2D eigenvalue weighted by atomic mass is 16.2. The third-order valence-corrected chi connectivity index (χ3v) is 5.29. The van der Waals surface area contributed by atoms with Gasteiger partial charge in [-0.2, -0.15) is 0 Å². The van der Waals surface area contributed by atoms with Crippen LogP contribution in [0.15, 0.2) is 0 Å². The van der Waals surface area contributed by atoms with E-state index in [0.29, 0.717) is 19.1 Å². The predicted octanol–water partition coefficient (Wildman–Crippen LogP) is 1.15. The summed E-state index contributed by atoms with van der Waals surface area (Å²) in [7, 11) is 0. The molecular weight excluding hydrogens is 224 g/mol. The van der Waals surface area contributed by atoms with Crippen LogP contribution in [-0.4, -0.2) is 25.0 Å². The van der Waals surface area contributed by atoms with Gasteiger partial charge in [0.25, 0.3) is 0 Å². The summed E-state index contributed by atoms with van der Waals surface area (Å²) < 4.78 is 0. The van der Waals surface area contributed by atoms with Gasteiger partial charge in [0.2, 0.25) is 5.91 Å². The Morgan fingerprint density at radius 2 is 2.06 bits per heavy atom. The van der Waals surface area contributed by atoms with Crippen LogP contribution in [0.3, 0.4) is 0 Å². The smallest absolute Gasteiger partial charge is 0.234 e. The number of carbonyl (C=O) groups excluding carboxylic acids is 1. The van der Waals surface area contributed by atoms with E-state index in [0.717, 1.165) is 23.7 Å². The molecule has 0 saturated heterocycles. The van der Waals surface area contributed by atoms with E-state index in [2.05, 4.69) is 16.6 Å². The first-order valence-electron chi connectivity index (χ1n) is 7.23. The van der Waals surface area contributed by atoms with E-state index in [-0.39, 0.29) is 5.91 Å². The minimum absolute atomic E-state index is 0.109. The van der Waals surface area contributed by atoms with Gasteiger partial charge in [0, 0.05) is 6.04 Å². The lowest BCUT2D eigenvalue weighted by molar-refractivity contribution is -0.121. The zero-order valence-corrected chi connectivity index (χ0v) is 10.8. The van der Waals surface area contributed by atoms with Crippen molar-refractivity contribution in [2.24, 2.45) is 23.7 Å². The molecule has 3 aliphatic rings. The average molecular weight is 246 g/mol. The number of hydrogen-bond donors (Lipinski definition) is 2. The number of hydrogen-bond acceptors (Lipinski definition) is 2. The summed E-state index contributed by atoms with van der Waals surface area (Å²) in [6.07, 6.45) is 12.0. The van der Waals surface area contributed by atoms with Crippen LogP contribution < -0.4 is 10.6 Å². The maximum Gasteiger partial charge on any atom is 0.234 e. The fourth-order valence-electron chi connectivity index (χ4n) is 4.74. The van der Waals surface area contributed by atoms with Crippen LogP contribution in [0.5, 0.6) is 0 Å². The monoisotopic (exact) mass is 246 g/mol. The van der Waals surface area contributed by atoms with Gasteiger partial charge in [0.1, 0.15) is 0 Å². The van der Waals surface area contributed by atoms with Crippen LogP contribution >= 0.6 is 0 Å². The standard InChI is InChI=1S/C15H22N2O/c1-2-6-16-9-15(18)17-14-8-10-7-13(14)12-5-3-4-11(10)12/h1,10-14,16H,3-9H2,(H,17,18). The second kappa shape index (κ2) is 4.93. The Morgan fingerprint density at radius 3 is 2.89 bits per heavy atom. The second-order valence-electron chi connectivity index (χ2n) is 6.14. The molecule has 3 heteroatoms. The number of terminal acetylenes is 1. The molecular formula is C15H22N2O. The minimum Gasteiger partial charge on any atom is -0.352 e. The lowest BCUT2D eigenvalue weighted by Gasteiger charge is -2.32. The van der Waals surface area contributed by atoms with Crippen LogP contribution in [0.4, 0.5) is 0 Å². The molecule has 0 spiro atoms. The van der Waals surface area contributed by atoms with E-state index in [4.69, 9.17) is 6.42 Å². The highest BCUT2D eigenvalue weighted by Gasteiger charge is 2.53. The molecule has 98 valence electrons. The molecule has 0 aromatic carbocycles. The minimum atomic E-state index is 0.109. The summed E-state index contributed by atoms with van der Waals surface area (Å²) in [5, 5.41) is 6.16. The topological polar surface area (TPSA) is 41.1 Å². The Kier molecular flexibility index (Phi) is 3.30. The molecule has 3 fully saturated rings. The van der Waals surface area contributed by atoms with Gasteiger partial charge in [-0.15, -0.1) is 6.42 Å². The first-order valence-corrected chi connectivity index (χ1v) is 7.23. The van der Waals surface area contributed by atoms with Gasteiger partial charge in [-0.3, -0.25) is 10.1 Å². The molecule has 5 unspecified atom stereocenters. The van der Waals surface area contributed by atoms with Gasteiger partial charge in [0.05, 0.1) is 13.1 Å². The predicted molar refractivity (Wildman–Crippen MR) is 70.7 cm³/mol. The highest BCUT2D eigenvalue weighted by Crippen LogP contribution is 2.58. The van der Waals surface area contributed by atoms with Crippen LogP contribution in [-0.2, 0) is 4.79 Å². The van der Waals surface area contributed by atoms with Gasteiger partial charge in [-0.05, 0) is 49.4 Å². The van der Waals surface area contributed by atoms with E-state index in [1.807, 2.05) is 0 Å². The van der Waals surface area contributed by atoms with Crippen molar-refractivity contribution >= 4 is 5.91 Å². The van der Waals surface area contributed by atoms with Crippen molar-refractivity contribution in [2.45, 2.75) is 38.1 Å². The normalized spacial score (nSPS) is 40.5. The lowest BCUT2D eigenvalue weighted by Crippen LogP contribution is -2.45. The Bertz CT molecular complexity index is 373. The van der Waals surface area contributed by atoms with Crippen LogP contribution in [0.25, 0.3) is 0 Å². The van der Waals surface area contributed by atoms with E-state index < -0.39 is 0 Å². The van der Waals surface area contributed by atoms with Gasteiger partial charge in [0.15, 0.2) is 0 Å². The van der Waals surface area contributed by atoms with Crippen molar-refractivity contribution in [3.05, 3.63) is 0 Å². The van der Waals surface area contributed by atoms with Crippen molar-refractivity contribution in [3.63, 3.8) is 0 Å². The van der Waals surface area contributed by atoms with E-state index >= 15 is 0 Å². The van der Waals surface area contributed by atoms with Gasteiger partial charge < -0.3 is 5.32 Å². The molecule has 3 aliphatic carbocycles. The number of nitrogens with one attached hydrogen (secondary N) is 2. The molecule has 0 aromatic heterocycles. The van der Waals surface area contributed by atoms with Gasteiger partial charge in [-0.1, -0.05) is 12.3 Å². The summed E-state index contributed by atoms with van der Waals surface area (Å²) in [6, 6.07) is 0.439. The third kappa shape index (κ3) is 2.03. The summed E-state index contributed by atoms with van der Waals surface area (Å²) in [5.74, 6) is 6.15. The second-order valence-corrected chi connectivity index (χ2v) is 6.14. The van der Waals surface area contributed by atoms with Gasteiger partial charge >= 0.3 is 0 Å².